The Labute approximate surface area is 291 Å². The van der Waals surface area contributed by atoms with Gasteiger partial charge in [-0.15, -0.1) is 0 Å². The quantitative estimate of drug-likeness (QED) is 0.164. The first-order valence-electron chi connectivity index (χ1n) is 16.1. The summed E-state index contributed by atoms with van der Waals surface area (Å²) in [7, 11) is 0. The smallest absolute Gasteiger partial charge is 0.345 e. The van der Waals surface area contributed by atoms with Crippen LogP contribution in [0.15, 0.2) is 109 Å². The minimum atomic E-state index is -4.87. The molecule has 5 nitrogen and oxygen atoms in total. The maximum atomic E-state index is 15.1. The fourth-order valence-corrected chi connectivity index (χ4v) is 7.26. The van der Waals surface area contributed by atoms with Crippen molar-refractivity contribution < 1.29 is 39.9 Å². The number of nitrogens with zero attached hydrogens (tertiary/aromatic N) is 4. The van der Waals surface area contributed by atoms with Crippen LogP contribution in [0.4, 0.5) is 51.3 Å². The largest absolute Gasteiger partial charge is 0.417 e. The molecular formula is C39H26F8N4O. The number of benzene rings is 4. The van der Waals surface area contributed by atoms with Crippen LogP contribution in [0.3, 0.4) is 0 Å². The molecule has 8 rings (SSSR count). The van der Waals surface area contributed by atoms with Crippen LogP contribution in [0.1, 0.15) is 33.6 Å². The summed E-state index contributed by atoms with van der Waals surface area (Å²) < 4.78 is 117. The molecule has 264 valence electrons. The second-order valence-corrected chi connectivity index (χ2v) is 12.7. The fourth-order valence-electron chi connectivity index (χ4n) is 7.26. The number of urea groups is 1. The number of hydrogen-bond donors (Lipinski definition) is 0. The van der Waals surface area contributed by atoms with Crippen molar-refractivity contribution in [3.8, 4) is 22.3 Å². The van der Waals surface area contributed by atoms with Gasteiger partial charge in [0.1, 0.15) is 11.6 Å². The number of halogens is 8. The topological polar surface area (TPSA) is 33.4 Å². The van der Waals surface area contributed by atoms with E-state index in [0.29, 0.717) is 46.0 Å². The molecule has 0 radical (unpaired) electrons. The number of fused-ring (bicyclic) bond motifs is 4. The molecule has 2 aliphatic heterocycles. The number of hydrogen-bond acceptors (Lipinski definition) is 1. The van der Waals surface area contributed by atoms with Gasteiger partial charge in [0.05, 0.1) is 35.6 Å². The maximum Gasteiger partial charge on any atom is 0.417 e. The number of carbonyl (C=O) groups is 1. The molecule has 0 fully saturated rings. The van der Waals surface area contributed by atoms with Crippen molar-refractivity contribution in [2.75, 3.05) is 9.80 Å². The highest BCUT2D eigenvalue weighted by Crippen LogP contribution is 2.43. The molecule has 0 bridgehead atoms. The van der Waals surface area contributed by atoms with E-state index in [2.05, 4.69) is 0 Å². The number of amides is 2. The Morgan fingerprint density at radius 2 is 0.904 bits per heavy atom. The Morgan fingerprint density at radius 3 is 1.31 bits per heavy atom. The van der Waals surface area contributed by atoms with Gasteiger partial charge in [0.15, 0.2) is 0 Å². The fraction of sp³-hybridized carbons (Fsp3) is 0.154. The van der Waals surface area contributed by atoms with Gasteiger partial charge in [-0.2, -0.15) is 26.3 Å². The van der Waals surface area contributed by atoms with E-state index >= 15 is 4.79 Å². The molecule has 0 N–H and O–H groups in total. The highest BCUT2D eigenvalue weighted by Gasteiger charge is 2.39. The molecule has 0 unspecified atom stereocenters. The number of alkyl halides is 6. The van der Waals surface area contributed by atoms with Gasteiger partial charge in [-0.25, -0.2) is 13.6 Å². The summed E-state index contributed by atoms with van der Waals surface area (Å²) in [5, 5.41) is 0. The van der Waals surface area contributed by atoms with Crippen LogP contribution in [0.2, 0.25) is 0 Å². The van der Waals surface area contributed by atoms with Crippen LogP contribution in [0.25, 0.3) is 22.3 Å². The third-order valence-electron chi connectivity index (χ3n) is 9.64. The molecule has 2 aromatic heterocycles. The first kappa shape index (κ1) is 33.3. The summed E-state index contributed by atoms with van der Waals surface area (Å²) in [6.45, 7) is 0.0591. The summed E-state index contributed by atoms with van der Waals surface area (Å²) in [5.74, 6) is -2.09. The number of rotatable bonds is 2. The molecule has 0 atom stereocenters. The van der Waals surface area contributed by atoms with Crippen LogP contribution in [0.5, 0.6) is 0 Å². The predicted octanol–water partition coefficient (Wildman–Crippen LogP) is 10.5. The zero-order valence-electron chi connectivity index (χ0n) is 26.9. The second kappa shape index (κ2) is 12.1. The molecular weight excluding hydrogens is 692 g/mol. The summed E-state index contributed by atoms with van der Waals surface area (Å²) in [6, 6.07) is 21.5. The molecule has 4 aromatic carbocycles. The third kappa shape index (κ3) is 5.69. The molecule has 52 heavy (non-hydrogen) atoms. The molecule has 2 aliphatic rings. The maximum absolute atomic E-state index is 15.1. The number of para-hydroxylation sites is 2. The molecule has 2 amide bonds. The normalized spacial score (nSPS) is 14.2. The molecule has 6 aromatic rings. The minimum absolute atomic E-state index is 0.168. The van der Waals surface area contributed by atoms with Crippen molar-refractivity contribution in [3.05, 3.63) is 155 Å². The second-order valence-electron chi connectivity index (χ2n) is 12.7. The standard InChI is InChI=1S/C39H26F8N4O/c40-25-9-11-27(31(17-25)38(42,43)44)29-13-15-48-19-23-5-1-3-7-33(23)50(21-35(29)48)37(52)51-22-36-30(28-12-10-26(41)18-32(28)39(45,46)47)14-16-49(36)20-24-6-2-4-8-34(24)51/h1-18H,19-22H2. The summed E-state index contributed by atoms with van der Waals surface area (Å²) >= 11 is 0. The number of aromatic nitrogens is 2. The van der Waals surface area contributed by atoms with Crippen molar-refractivity contribution in [2.24, 2.45) is 0 Å². The first-order chi connectivity index (χ1) is 24.8. The molecule has 0 aliphatic carbocycles. The Balaban J connectivity index is 1.26. The Kier molecular flexibility index (Phi) is 7.77. The number of anilines is 2. The van der Waals surface area contributed by atoms with E-state index in [9.17, 15) is 35.1 Å². The zero-order chi connectivity index (χ0) is 36.5. The van der Waals surface area contributed by atoms with Crippen molar-refractivity contribution >= 4 is 17.4 Å². The lowest BCUT2D eigenvalue weighted by Crippen LogP contribution is -2.43. The van der Waals surface area contributed by atoms with Gasteiger partial charge in [-0.05, 0) is 70.8 Å². The average Bonchev–Trinajstić information content (AvgIpc) is 3.58. The Bertz CT molecular complexity index is 2210. The van der Waals surface area contributed by atoms with Gasteiger partial charge in [-0.3, -0.25) is 9.80 Å². The van der Waals surface area contributed by atoms with E-state index in [1.54, 1.807) is 70.1 Å². The van der Waals surface area contributed by atoms with E-state index in [-0.39, 0.29) is 48.4 Å². The number of carbonyl (C=O) groups excluding carboxylic acids is 1. The lowest BCUT2D eigenvalue weighted by molar-refractivity contribution is -0.138. The molecule has 0 spiro atoms. The van der Waals surface area contributed by atoms with Crippen LogP contribution in [-0.4, -0.2) is 15.2 Å². The SMILES string of the molecule is O=C(N1Cc2c(-c3ccc(F)cc3C(F)(F)F)ccn2Cc2ccccc21)N1Cc2c(-c3ccc(F)cc3C(F)(F)F)ccn2Cc2ccccc21. The van der Waals surface area contributed by atoms with Gasteiger partial charge in [0.25, 0.3) is 0 Å². The Morgan fingerprint density at radius 1 is 0.500 bits per heavy atom. The van der Waals surface area contributed by atoms with E-state index in [1.165, 1.54) is 21.9 Å². The van der Waals surface area contributed by atoms with Crippen LogP contribution in [0, 0.1) is 11.6 Å². The monoisotopic (exact) mass is 718 g/mol. The van der Waals surface area contributed by atoms with Crippen molar-refractivity contribution in [1.29, 1.82) is 0 Å². The predicted molar refractivity (Wildman–Crippen MR) is 179 cm³/mol. The van der Waals surface area contributed by atoms with Crippen molar-refractivity contribution in [1.82, 2.24) is 9.13 Å². The van der Waals surface area contributed by atoms with Crippen molar-refractivity contribution in [2.45, 2.75) is 38.5 Å². The van der Waals surface area contributed by atoms with E-state index in [0.717, 1.165) is 24.3 Å². The minimum Gasteiger partial charge on any atom is -0.345 e. The van der Waals surface area contributed by atoms with Gasteiger partial charge >= 0.3 is 18.4 Å². The summed E-state index contributed by atoms with van der Waals surface area (Å²) in [5.41, 5.74) is 0.643. The zero-order valence-corrected chi connectivity index (χ0v) is 26.9. The molecule has 0 saturated carbocycles. The van der Waals surface area contributed by atoms with Gasteiger partial charge in [0.2, 0.25) is 0 Å². The van der Waals surface area contributed by atoms with Crippen molar-refractivity contribution in [3.63, 3.8) is 0 Å². The van der Waals surface area contributed by atoms with E-state index in [1.807, 2.05) is 0 Å². The Hall–Kier alpha value is -5.85. The van der Waals surface area contributed by atoms with Gasteiger partial charge < -0.3 is 9.13 Å². The highest BCUT2D eigenvalue weighted by molar-refractivity contribution is 6.05. The summed E-state index contributed by atoms with van der Waals surface area (Å²) in [6.07, 6.45) is -6.48. The van der Waals surface area contributed by atoms with Gasteiger partial charge in [-0.1, -0.05) is 48.5 Å². The van der Waals surface area contributed by atoms with Crippen LogP contribution >= 0.6 is 0 Å². The molecule has 13 heteroatoms. The lowest BCUT2D eigenvalue weighted by Gasteiger charge is -2.31. The molecule has 4 heterocycles. The van der Waals surface area contributed by atoms with E-state index in [4.69, 9.17) is 0 Å². The van der Waals surface area contributed by atoms with E-state index < -0.39 is 41.1 Å². The van der Waals surface area contributed by atoms with Gasteiger partial charge in [0, 0.05) is 48.0 Å². The molecule has 0 saturated heterocycles. The highest BCUT2D eigenvalue weighted by atomic mass is 19.4. The average molecular weight is 719 g/mol. The lowest BCUT2D eigenvalue weighted by atomic mass is 9.98. The first-order valence-corrected chi connectivity index (χ1v) is 16.1. The summed E-state index contributed by atoms with van der Waals surface area (Å²) in [4.78, 5) is 18.0. The van der Waals surface area contributed by atoms with Crippen LogP contribution in [-0.2, 0) is 38.5 Å². The third-order valence-corrected chi connectivity index (χ3v) is 9.64. The van der Waals surface area contributed by atoms with Crippen LogP contribution < -0.4 is 9.80 Å².